The van der Waals surface area contributed by atoms with E-state index in [9.17, 15) is 14.0 Å². The van der Waals surface area contributed by atoms with Gasteiger partial charge in [-0.2, -0.15) is 0 Å². The number of benzene rings is 2. The lowest BCUT2D eigenvalue weighted by atomic mass is 10.1. The average molecular weight is 407 g/mol. The van der Waals surface area contributed by atoms with Crippen LogP contribution in [0.3, 0.4) is 0 Å². The Kier molecular flexibility index (Phi) is 6.35. The lowest BCUT2D eigenvalue weighted by Crippen LogP contribution is -2.23. The maximum Gasteiger partial charge on any atom is 0.253 e. The summed E-state index contributed by atoms with van der Waals surface area (Å²) >= 11 is 0. The van der Waals surface area contributed by atoms with Crippen LogP contribution in [0.1, 0.15) is 41.2 Å². The summed E-state index contributed by atoms with van der Waals surface area (Å²) in [4.78, 5) is 24.5. The first-order valence-electron chi connectivity index (χ1n) is 9.89. The zero-order chi connectivity index (χ0) is 21.8. The molecule has 0 atom stereocenters. The zero-order valence-corrected chi connectivity index (χ0v) is 17.6. The van der Waals surface area contributed by atoms with E-state index in [1.54, 1.807) is 35.8 Å². The Balaban J connectivity index is 1.69. The van der Waals surface area contributed by atoms with Gasteiger partial charge in [0.05, 0.1) is 11.3 Å². The van der Waals surface area contributed by atoms with E-state index in [0.29, 0.717) is 23.5 Å². The number of halogens is 1. The Hall–Kier alpha value is -3.41. The molecule has 1 aromatic heterocycles. The first kappa shape index (κ1) is 21.3. The van der Waals surface area contributed by atoms with Crippen molar-refractivity contribution in [1.82, 2.24) is 9.88 Å². The fraction of sp³-hybridized carbons (Fsp3) is 0.250. The summed E-state index contributed by atoms with van der Waals surface area (Å²) in [5, 5.41) is 5.74. The minimum atomic E-state index is -0.337. The molecule has 2 aromatic carbocycles. The van der Waals surface area contributed by atoms with Gasteiger partial charge in [0.15, 0.2) is 0 Å². The Labute approximate surface area is 175 Å². The van der Waals surface area contributed by atoms with Crippen molar-refractivity contribution in [3.8, 4) is 5.69 Å². The van der Waals surface area contributed by atoms with Crippen LogP contribution in [0.25, 0.3) is 5.69 Å². The highest BCUT2D eigenvalue weighted by Crippen LogP contribution is 2.23. The highest BCUT2D eigenvalue weighted by molar-refractivity contribution is 5.96. The molecule has 3 rings (SSSR count). The number of hydrogen-bond donors (Lipinski definition) is 2. The van der Waals surface area contributed by atoms with Gasteiger partial charge in [0.25, 0.3) is 5.91 Å². The van der Waals surface area contributed by atoms with Gasteiger partial charge in [-0.1, -0.05) is 38.1 Å². The van der Waals surface area contributed by atoms with Gasteiger partial charge in [0, 0.05) is 29.5 Å². The number of aromatic nitrogens is 1. The van der Waals surface area contributed by atoms with Crippen molar-refractivity contribution >= 4 is 17.5 Å². The fourth-order valence-electron chi connectivity index (χ4n) is 3.27. The van der Waals surface area contributed by atoms with E-state index in [1.807, 2.05) is 45.0 Å². The lowest BCUT2D eigenvalue weighted by molar-refractivity contribution is -0.118. The molecule has 156 valence electrons. The molecule has 0 bridgehead atoms. The molecule has 0 fully saturated rings. The standard InChI is InChI=1S/C24H26FN3O2/c1-15(2)23(29)27-19-11-9-18(10-12-19)14-26-24(30)20-13-16(3)28(17(20)4)22-8-6-5-7-21(22)25/h5-13,15H,14H2,1-4H3,(H,26,30)(H,27,29). The van der Waals surface area contributed by atoms with Crippen molar-refractivity contribution in [3.63, 3.8) is 0 Å². The topological polar surface area (TPSA) is 63.1 Å². The Morgan fingerprint density at radius 1 is 1.03 bits per heavy atom. The summed E-state index contributed by atoms with van der Waals surface area (Å²) in [6.45, 7) is 7.67. The molecule has 0 aliphatic rings. The van der Waals surface area contributed by atoms with E-state index in [-0.39, 0.29) is 23.5 Å². The predicted octanol–water partition coefficient (Wildman–Crippen LogP) is 4.76. The molecule has 0 radical (unpaired) electrons. The van der Waals surface area contributed by atoms with Crippen molar-refractivity contribution in [3.05, 3.63) is 82.9 Å². The van der Waals surface area contributed by atoms with E-state index < -0.39 is 0 Å². The molecule has 1 heterocycles. The number of carbonyl (C=O) groups is 2. The number of carbonyl (C=O) groups excluding carboxylic acids is 2. The molecule has 0 unspecified atom stereocenters. The monoisotopic (exact) mass is 407 g/mol. The van der Waals surface area contributed by atoms with Crippen LogP contribution in [0.2, 0.25) is 0 Å². The van der Waals surface area contributed by atoms with Crippen LogP contribution >= 0.6 is 0 Å². The van der Waals surface area contributed by atoms with Crippen molar-refractivity contribution in [1.29, 1.82) is 0 Å². The molecule has 0 aliphatic heterocycles. The van der Waals surface area contributed by atoms with Gasteiger partial charge >= 0.3 is 0 Å². The highest BCUT2D eigenvalue weighted by Gasteiger charge is 2.18. The number of amides is 2. The molecule has 0 spiro atoms. The largest absolute Gasteiger partial charge is 0.348 e. The quantitative estimate of drug-likeness (QED) is 0.619. The lowest BCUT2D eigenvalue weighted by Gasteiger charge is -2.11. The van der Waals surface area contributed by atoms with Gasteiger partial charge < -0.3 is 15.2 Å². The Morgan fingerprint density at radius 2 is 1.70 bits per heavy atom. The maximum atomic E-state index is 14.2. The molecule has 30 heavy (non-hydrogen) atoms. The minimum absolute atomic E-state index is 0.0405. The third kappa shape index (κ3) is 4.59. The highest BCUT2D eigenvalue weighted by atomic mass is 19.1. The third-order valence-electron chi connectivity index (χ3n) is 4.97. The van der Waals surface area contributed by atoms with Crippen molar-refractivity contribution in [2.45, 2.75) is 34.2 Å². The van der Waals surface area contributed by atoms with Crippen LogP contribution in [0, 0.1) is 25.6 Å². The number of aryl methyl sites for hydroxylation is 1. The van der Waals surface area contributed by atoms with Crippen LogP contribution in [-0.4, -0.2) is 16.4 Å². The van der Waals surface area contributed by atoms with Crippen molar-refractivity contribution in [2.24, 2.45) is 5.92 Å². The van der Waals surface area contributed by atoms with Crippen molar-refractivity contribution in [2.75, 3.05) is 5.32 Å². The number of para-hydroxylation sites is 1. The molecule has 2 amide bonds. The van der Waals surface area contributed by atoms with Crippen LogP contribution < -0.4 is 10.6 Å². The molecule has 3 aromatic rings. The second-order valence-corrected chi connectivity index (χ2v) is 7.60. The summed E-state index contributed by atoms with van der Waals surface area (Å²) in [5.74, 6) is -0.688. The first-order valence-corrected chi connectivity index (χ1v) is 9.89. The van der Waals surface area contributed by atoms with Gasteiger partial charge in [-0.3, -0.25) is 9.59 Å². The van der Waals surface area contributed by atoms with E-state index in [4.69, 9.17) is 0 Å². The van der Waals surface area contributed by atoms with E-state index in [2.05, 4.69) is 10.6 Å². The molecule has 5 nitrogen and oxygen atoms in total. The molecule has 0 aliphatic carbocycles. The second-order valence-electron chi connectivity index (χ2n) is 7.60. The zero-order valence-electron chi connectivity index (χ0n) is 17.6. The average Bonchev–Trinajstić information content (AvgIpc) is 3.01. The summed E-state index contributed by atoms with van der Waals surface area (Å²) in [6.07, 6.45) is 0. The van der Waals surface area contributed by atoms with E-state index >= 15 is 0 Å². The summed E-state index contributed by atoms with van der Waals surface area (Å²) < 4.78 is 16.0. The fourth-order valence-corrected chi connectivity index (χ4v) is 3.27. The van der Waals surface area contributed by atoms with Crippen LogP contribution in [0.5, 0.6) is 0 Å². The summed E-state index contributed by atoms with van der Waals surface area (Å²) in [7, 11) is 0. The smallest absolute Gasteiger partial charge is 0.253 e. The number of hydrogen-bond acceptors (Lipinski definition) is 2. The molecular weight excluding hydrogens is 381 g/mol. The number of anilines is 1. The molecule has 6 heteroatoms. The second kappa shape index (κ2) is 8.95. The third-order valence-corrected chi connectivity index (χ3v) is 4.97. The molecular formula is C24H26FN3O2. The predicted molar refractivity (Wildman–Crippen MR) is 116 cm³/mol. The van der Waals surface area contributed by atoms with Gasteiger partial charge in [-0.05, 0) is 49.7 Å². The molecule has 0 saturated carbocycles. The maximum absolute atomic E-state index is 14.2. The molecule has 2 N–H and O–H groups in total. The number of nitrogens with zero attached hydrogens (tertiary/aromatic N) is 1. The number of rotatable bonds is 6. The number of nitrogens with one attached hydrogen (secondary N) is 2. The van der Waals surface area contributed by atoms with Gasteiger partial charge in [-0.25, -0.2) is 4.39 Å². The van der Waals surface area contributed by atoms with E-state index in [1.165, 1.54) is 6.07 Å². The first-order chi connectivity index (χ1) is 14.3. The molecule has 0 saturated heterocycles. The van der Waals surface area contributed by atoms with Crippen LogP contribution in [-0.2, 0) is 11.3 Å². The summed E-state index contributed by atoms with van der Waals surface area (Å²) in [6, 6.07) is 15.6. The SMILES string of the molecule is Cc1cc(C(=O)NCc2ccc(NC(=O)C(C)C)cc2)c(C)n1-c1ccccc1F. The van der Waals surface area contributed by atoms with Crippen LogP contribution in [0.15, 0.2) is 54.6 Å². The van der Waals surface area contributed by atoms with Gasteiger partial charge in [-0.15, -0.1) is 0 Å². The Morgan fingerprint density at radius 3 is 2.33 bits per heavy atom. The van der Waals surface area contributed by atoms with E-state index in [0.717, 1.165) is 16.9 Å². The van der Waals surface area contributed by atoms with Crippen molar-refractivity contribution < 1.29 is 14.0 Å². The minimum Gasteiger partial charge on any atom is -0.348 e. The van der Waals surface area contributed by atoms with Gasteiger partial charge in [0.2, 0.25) is 5.91 Å². The normalized spacial score (nSPS) is 10.9. The van der Waals surface area contributed by atoms with Crippen LogP contribution in [0.4, 0.5) is 10.1 Å². The Bertz CT molecular complexity index is 1070. The summed E-state index contributed by atoms with van der Waals surface area (Å²) in [5.41, 5.74) is 4.03. The van der Waals surface area contributed by atoms with Gasteiger partial charge in [0.1, 0.15) is 5.82 Å².